The number of carbonyl (C=O) groups is 1. The van der Waals surface area contributed by atoms with Crippen molar-refractivity contribution in [1.82, 2.24) is 0 Å². The molecular formula is C11H12O3. The van der Waals surface area contributed by atoms with Crippen LogP contribution < -0.4 is 4.74 Å². The van der Waals surface area contributed by atoms with E-state index in [4.69, 9.17) is 9.47 Å². The standard InChI is InChI=1S/C11H12O3/c1-6-4-5-8-7(2)14-11(12)9(8)10(6)13-3/h4-5,7H,1-3H3. The second kappa shape index (κ2) is 3.01. The van der Waals surface area contributed by atoms with E-state index in [9.17, 15) is 4.79 Å². The van der Waals surface area contributed by atoms with Crippen LogP contribution in [0.25, 0.3) is 0 Å². The van der Waals surface area contributed by atoms with Gasteiger partial charge >= 0.3 is 5.97 Å². The van der Waals surface area contributed by atoms with E-state index >= 15 is 0 Å². The molecule has 3 nitrogen and oxygen atoms in total. The summed E-state index contributed by atoms with van der Waals surface area (Å²) in [7, 11) is 1.57. The maximum Gasteiger partial charge on any atom is 0.342 e. The van der Waals surface area contributed by atoms with Crippen LogP contribution in [0.3, 0.4) is 0 Å². The molecular weight excluding hydrogens is 180 g/mol. The summed E-state index contributed by atoms with van der Waals surface area (Å²) >= 11 is 0. The Morgan fingerprint density at radius 1 is 1.43 bits per heavy atom. The average molecular weight is 192 g/mol. The quantitative estimate of drug-likeness (QED) is 0.640. The third-order valence-electron chi connectivity index (χ3n) is 2.52. The molecule has 0 radical (unpaired) electrons. The Kier molecular flexibility index (Phi) is 1.95. The molecule has 1 unspecified atom stereocenters. The SMILES string of the molecule is COc1c(C)ccc2c1C(=O)OC2C. The van der Waals surface area contributed by atoms with Gasteiger partial charge in [-0.05, 0) is 19.4 Å². The highest BCUT2D eigenvalue weighted by molar-refractivity contribution is 5.97. The summed E-state index contributed by atoms with van der Waals surface area (Å²) in [6.07, 6.45) is -0.160. The van der Waals surface area contributed by atoms with Crippen molar-refractivity contribution in [1.29, 1.82) is 0 Å². The number of methoxy groups -OCH3 is 1. The fraction of sp³-hybridized carbons (Fsp3) is 0.364. The Labute approximate surface area is 82.6 Å². The Hall–Kier alpha value is -1.51. The zero-order valence-corrected chi connectivity index (χ0v) is 8.46. The first kappa shape index (κ1) is 9.06. The fourth-order valence-electron chi connectivity index (χ4n) is 1.80. The van der Waals surface area contributed by atoms with Crippen LogP contribution in [-0.2, 0) is 4.74 Å². The van der Waals surface area contributed by atoms with Gasteiger partial charge in [0.1, 0.15) is 17.4 Å². The summed E-state index contributed by atoms with van der Waals surface area (Å²) in [5.74, 6) is 0.352. The number of carbonyl (C=O) groups excluding carboxylic acids is 1. The molecule has 0 amide bonds. The lowest BCUT2D eigenvalue weighted by Gasteiger charge is -2.07. The third-order valence-corrected chi connectivity index (χ3v) is 2.52. The number of benzene rings is 1. The summed E-state index contributed by atoms with van der Waals surface area (Å²) in [6, 6.07) is 3.86. The highest BCUT2D eigenvalue weighted by atomic mass is 16.6. The zero-order valence-electron chi connectivity index (χ0n) is 8.46. The molecule has 1 aliphatic rings. The van der Waals surface area contributed by atoms with Crippen LogP contribution in [0.5, 0.6) is 5.75 Å². The van der Waals surface area contributed by atoms with Crippen molar-refractivity contribution in [3.05, 3.63) is 28.8 Å². The fourth-order valence-corrected chi connectivity index (χ4v) is 1.80. The molecule has 0 saturated carbocycles. The van der Waals surface area contributed by atoms with Crippen molar-refractivity contribution in [2.75, 3.05) is 7.11 Å². The predicted molar refractivity (Wildman–Crippen MR) is 51.6 cm³/mol. The van der Waals surface area contributed by atoms with Gasteiger partial charge in [0.15, 0.2) is 0 Å². The molecule has 1 heterocycles. The lowest BCUT2D eigenvalue weighted by atomic mass is 10.0. The summed E-state index contributed by atoms with van der Waals surface area (Å²) in [4.78, 5) is 11.5. The molecule has 0 N–H and O–H groups in total. The number of rotatable bonds is 1. The summed E-state index contributed by atoms with van der Waals surface area (Å²) < 4.78 is 10.3. The second-order valence-electron chi connectivity index (χ2n) is 3.43. The molecule has 0 saturated heterocycles. The summed E-state index contributed by atoms with van der Waals surface area (Å²) in [6.45, 7) is 3.77. The minimum absolute atomic E-state index is 0.160. The van der Waals surface area contributed by atoms with Crippen molar-refractivity contribution in [3.8, 4) is 5.75 Å². The molecule has 3 heteroatoms. The topological polar surface area (TPSA) is 35.5 Å². The number of cyclic esters (lactones) is 1. The Morgan fingerprint density at radius 2 is 2.14 bits per heavy atom. The molecule has 1 aromatic rings. The van der Waals surface area contributed by atoms with E-state index in [1.165, 1.54) is 0 Å². The van der Waals surface area contributed by atoms with Crippen LogP contribution in [0.15, 0.2) is 12.1 Å². The molecule has 0 aromatic heterocycles. The lowest BCUT2D eigenvalue weighted by Crippen LogP contribution is -1.99. The molecule has 1 aromatic carbocycles. The van der Waals surface area contributed by atoms with Gasteiger partial charge in [-0.25, -0.2) is 4.79 Å². The van der Waals surface area contributed by atoms with Crippen LogP contribution in [0.4, 0.5) is 0 Å². The van der Waals surface area contributed by atoms with Gasteiger partial charge in [0.25, 0.3) is 0 Å². The monoisotopic (exact) mass is 192 g/mol. The largest absolute Gasteiger partial charge is 0.496 e. The molecule has 1 atom stereocenters. The second-order valence-corrected chi connectivity index (χ2v) is 3.43. The number of esters is 1. The molecule has 0 fully saturated rings. The van der Waals surface area contributed by atoms with Gasteiger partial charge in [-0.3, -0.25) is 0 Å². The first-order valence-corrected chi connectivity index (χ1v) is 4.53. The van der Waals surface area contributed by atoms with Crippen LogP contribution in [0, 0.1) is 6.92 Å². The lowest BCUT2D eigenvalue weighted by molar-refractivity contribution is 0.0420. The zero-order chi connectivity index (χ0) is 10.3. The van der Waals surface area contributed by atoms with Crippen LogP contribution in [0.1, 0.15) is 34.5 Å². The van der Waals surface area contributed by atoms with E-state index in [-0.39, 0.29) is 12.1 Å². The van der Waals surface area contributed by atoms with Crippen molar-refractivity contribution < 1.29 is 14.3 Å². The molecule has 74 valence electrons. The summed E-state index contributed by atoms with van der Waals surface area (Å²) in [5.41, 5.74) is 2.45. The van der Waals surface area contributed by atoms with E-state index < -0.39 is 0 Å². The maximum absolute atomic E-state index is 11.5. The minimum atomic E-state index is -0.284. The van der Waals surface area contributed by atoms with Gasteiger partial charge in [0.05, 0.1) is 7.11 Å². The van der Waals surface area contributed by atoms with Crippen LogP contribution in [0.2, 0.25) is 0 Å². The number of fused-ring (bicyclic) bond motifs is 1. The van der Waals surface area contributed by atoms with Crippen molar-refractivity contribution in [2.45, 2.75) is 20.0 Å². The van der Waals surface area contributed by atoms with E-state index in [2.05, 4.69) is 0 Å². The number of aryl methyl sites for hydroxylation is 1. The first-order chi connectivity index (χ1) is 6.65. The molecule has 2 rings (SSSR count). The predicted octanol–water partition coefficient (Wildman–Crippen LogP) is 2.24. The molecule has 14 heavy (non-hydrogen) atoms. The van der Waals surface area contributed by atoms with Gasteiger partial charge in [-0.1, -0.05) is 12.1 Å². The van der Waals surface area contributed by atoms with E-state index in [1.807, 2.05) is 26.0 Å². The van der Waals surface area contributed by atoms with Gasteiger partial charge in [-0.2, -0.15) is 0 Å². The van der Waals surface area contributed by atoms with Gasteiger partial charge in [0, 0.05) is 5.56 Å². The smallest absolute Gasteiger partial charge is 0.342 e. The number of ether oxygens (including phenoxy) is 2. The molecule has 0 bridgehead atoms. The van der Waals surface area contributed by atoms with Crippen LogP contribution in [-0.4, -0.2) is 13.1 Å². The number of hydrogen-bond acceptors (Lipinski definition) is 3. The van der Waals surface area contributed by atoms with E-state index in [1.54, 1.807) is 7.11 Å². The van der Waals surface area contributed by atoms with E-state index in [0.29, 0.717) is 11.3 Å². The summed E-state index contributed by atoms with van der Waals surface area (Å²) in [5, 5.41) is 0. The minimum Gasteiger partial charge on any atom is -0.496 e. The van der Waals surface area contributed by atoms with Crippen molar-refractivity contribution in [3.63, 3.8) is 0 Å². The average Bonchev–Trinajstić information content (AvgIpc) is 2.43. The Balaban J connectivity index is 2.68. The Morgan fingerprint density at radius 3 is 2.79 bits per heavy atom. The van der Waals surface area contributed by atoms with E-state index in [0.717, 1.165) is 11.1 Å². The highest BCUT2D eigenvalue weighted by Crippen LogP contribution is 2.37. The normalized spacial score (nSPS) is 19.1. The van der Waals surface area contributed by atoms with Gasteiger partial charge < -0.3 is 9.47 Å². The highest BCUT2D eigenvalue weighted by Gasteiger charge is 2.31. The van der Waals surface area contributed by atoms with Gasteiger partial charge in [-0.15, -0.1) is 0 Å². The maximum atomic E-state index is 11.5. The molecule has 0 spiro atoms. The van der Waals surface area contributed by atoms with Crippen molar-refractivity contribution >= 4 is 5.97 Å². The number of hydrogen-bond donors (Lipinski definition) is 0. The van der Waals surface area contributed by atoms with Crippen LogP contribution >= 0.6 is 0 Å². The van der Waals surface area contributed by atoms with Crippen molar-refractivity contribution in [2.24, 2.45) is 0 Å². The Bertz CT molecular complexity index is 396. The first-order valence-electron chi connectivity index (χ1n) is 4.53. The third kappa shape index (κ3) is 1.09. The molecule has 1 aliphatic heterocycles. The molecule has 0 aliphatic carbocycles. The van der Waals surface area contributed by atoms with Gasteiger partial charge in [0.2, 0.25) is 0 Å².